The molecule has 6 N–H and O–H groups in total. The van der Waals surface area contributed by atoms with Gasteiger partial charge in [-0.25, -0.2) is 4.79 Å². The first-order valence-corrected chi connectivity index (χ1v) is 20.9. The standard InChI is InChI=1S/C41H64O14/c1-19-36(47)28(42)15-34(50-19)54-38-21(3)52-35(17-30(38)44)55-37-20(2)51-33(16-29(37)43)53-24-8-10-39(4)23(13-24)6-7-26-27(39)14-31(45)40(5)25(9-11-41(26,40)48)22-12-32(46)49-18-22/h12,19-21,23-31,33-38,42-45,47-48H,6-11,13-18H2,1-5H3/t19-,20-,21-,23-,24+,25-,26-,27+,28+,29+,30-,31-,33+,34?,35?,36-,37-,38-,39+,40+,41+/m0/s1. The Balaban J connectivity index is 0.837. The van der Waals surface area contributed by atoms with E-state index in [2.05, 4.69) is 6.92 Å². The van der Waals surface area contributed by atoms with Gasteiger partial charge in [0.05, 0.1) is 54.4 Å². The molecule has 4 aliphatic heterocycles. The molecule has 4 saturated carbocycles. The van der Waals surface area contributed by atoms with Crippen LogP contribution in [0.5, 0.6) is 0 Å². The molecule has 14 nitrogen and oxygen atoms in total. The molecule has 0 aromatic carbocycles. The van der Waals surface area contributed by atoms with Crippen molar-refractivity contribution in [2.45, 2.75) is 197 Å². The zero-order valence-electron chi connectivity index (χ0n) is 32.9. The highest BCUT2D eigenvalue weighted by atomic mass is 16.7. The number of ether oxygens (including phenoxy) is 7. The molecule has 0 radical (unpaired) electrons. The summed E-state index contributed by atoms with van der Waals surface area (Å²) in [6.45, 7) is 9.90. The van der Waals surface area contributed by atoms with E-state index in [-0.39, 0.29) is 61.1 Å². The number of hydrogen-bond donors (Lipinski definition) is 6. The van der Waals surface area contributed by atoms with Crippen LogP contribution in [0.4, 0.5) is 0 Å². The van der Waals surface area contributed by atoms with Crippen molar-refractivity contribution in [1.82, 2.24) is 0 Å². The first-order valence-electron chi connectivity index (χ1n) is 20.9. The van der Waals surface area contributed by atoms with Gasteiger partial charge in [-0.15, -0.1) is 0 Å². The third-order valence-electron chi connectivity index (χ3n) is 16.0. The van der Waals surface area contributed by atoms with Gasteiger partial charge in [0.1, 0.15) is 24.9 Å². The van der Waals surface area contributed by atoms with Gasteiger partial charge in [-0.05, 0) is 107 Å². The predicted molar refractivity (Wildman–Crippen MR) is 193 cm³/mol. The number of carbonyl (C=O) groups is 1. The number of fused-ring (bicyclic) bond motifs is 5. The number of esters is 1. The Kier molecular flexibility index (Phi) is 11.1. The molecule has 312 valence electrons. The summed E-state index contributed by atoms with van der Waals surface area (Å²) < 4.78 is 42.1. The van der Waals surface area contributed by atoms with Gasteiger partial charge in [0.25, 0.3) is 0 Å². The van der Waals surface area contributed by atoms with Crippen LogP contribution in [0.25, 0.3) is 0 Å². The van der Waals surface area contributed by atoms with E-state index in [1.165, 1.54) is 0 Å². The molecule has 0 aromatic rings. The molecular weight excluding hydrogens is 716 g/mol. The SMILES string of the molecule is C[C@@H]1OC(O[C@H]2[C@H](C)OC(O[C@@H]3[C@H](O)C[C@@H](O[C@@H]4CC[C@]5(C)[C@@H](CC[C@H]6[C@H]5C[C@H](O)[C@@]5(C)[C@H](C7=CC(=O)OC7)CC[C@@]65O)C4)O[C@H]3C)C[C@@H]2O)C[C@@H](O)[C@H]1O. The van der Waals surface area contributed by atoms with Crippen molar-refractivity contribution in [2.24, 2.45) is 34.5 Å². The van der Waals surface area contributed by atoms with Crippen LogP contribution >= 0.6 is 0 Å². The highest BCUT2D eigenvalue weighted by molar-refractivity contribution is 5.85. The monoisotopic (exact) mass is 780 g/mol. The van der Waals surface area contributed by atoms with Gasteiger partial charge in [0.15, 0.2) is 18.9 Å². The van der Waals surface area contributed by atoms with E-state index in [4.69, 9.17) is 33.2 Å². The fourth-order valence-electron chi connectivity index (χ4n) is 12.8. The van der Waals surface area contributed by atoms with Crippen LogP contribution in [0.3, 0.4) is 0 Å². The smallest absolute Gasteiger partial charge is 0.331 e. The summed E-state index contributed by atoms with van der Waals surface area (Å²) in [5.41, 5.74) is -0.892. The molecule has 0 aromatic heterocycles. The van der Waals surface area contributed by atoms with Crippen LogP contribution in [0.2, 0.25) is 0 Å². The van der Waals surface area contributed by atoms with Crippen molar-refractivity contribution in [2.75, 3.05) is 6.61 Å². The normalized spacial score (nSPS) is 55.5. The Hall–Kier alpha value is -1.27. The molecule has 14 heteroatoms. The molecular formula is C41H64O14. The zero-order valence-corrected chi connectivity index (χ0v) is 32.9. The van der Waals surface area contributed by atoms with E-state index in [1.807, 2.05) is 13.8 Å². The maximum absolute atomic E-state index is 12.6. The van der Waals surface area contributed by atoms with Crippen LogP contribution < -0.4 is 0 Å². The van der Waals surface area contributed by atoms with E-state index in [0.717, 1.165) is 44.1 Å². The van der Waals surface area contributed by atoms with E-state index in [1.54, 1.807) is 19.9 Å². The molecule has 2 unspecified atom stereocenters. The lowest BCUT2D eigenvalue weighted by Gasteiger charge is -2.65. The summed E-state index contributed by atoms with van der Waals surface area (Å²) >= 11 is 0. The summed E-state index contributed by atoms with van der Waals surface area (Å²) in [6, 6.07) is 0. The molecule has 4 aliphatic carbocycles. The molecule has 55 heavy (non-hydrogen) atoms. The van der Waals surface area contributed by atoms with Gasteiger partial charge in [0, 0.05) is 30.8 Å². The Bertz CT molecular complexity index is 1410. The van der Waals surface area contributed by atoms with E-state index >= 15 is 0 Å². The van der Waals surface area contributed by atoms with Crippen LogP contribution in [-0.2, 0) is 38.0 Å². The minimum atomic E-state index is -1.01. The van der Waals surface area contributed by atoms with E-state index < -0.39 is 90.9 Å². The van der Waals surface area contributed by atoms with E-state index in [9.17, 15) is 35.4 Å². The van der Waals surface area contributed by atoms with Crippen molar-refractivity contribution in [1.29, 1.82) is 0 Å². The van der Waals surface area contributed by atoms with Gasteiger partial charge >= 0.3 is 5.97 Å². The average molecular weight is 781 g/mol. The average Bonchev–Trinajstić information content (AvgIpc) is 3.67. The topological polar surface area (TPSA) is 203 Å². The first kappa shape index (κ1) is 40.5. The minimum absolute atomic E-state index is 0.0452. The van der Waals surface area contributed by atoms with Crippen LogP contribution in [0, 0.1) is 34.5 Å². The molecule has 0 amide bonds. The number of aliphatic hydroxyl groups excluding tert-OH is 5. The number of carbonyl (C=O) groups excluding carboxylic acids is 1. The molecule has 4 heterocycles. The van der Waals surface area contributed by atoms with Crippen molar-refractivity contribution in [3.8, 4) is 0 Å². The second kappa shape index (κ2) is 15.1. The van der Waals surface area contributed by atoms with E-state index in [0.29, 0.717) is 18.8 Å². The van der Waals surface area contributed by atoms with Crippen LogP contribution in [0.15, 0.2) is 11.6 Å². The van der Waals surface area contributed by atoms with Gasteiger partial charge in [-0.2, -0.15) is 0 Å². The molecule has 7 fully saturated rings. The molecule has 0 bridgehead atoms. The third-order valence-corrected chi connectivity index (χ3v) is 16.0. The van der Waals surface area contributed by atoms with Gasteiger partial charge in [-0.3, -0.25) is 0 Å². The van der Waals surface area contributed by atoms with Crippen molar-refractivity contribution < 1.29 is 68.6 Å². The molecule has 8 rings (SSSR count). The molecule has 3 saturated heterocycles. The number of rotatable bonds is 7. The Morgan fingerprint density at radius 3 is 1.87 bits per heavy atom. The number of cyclic esters (lactones) is 1. The van der Waals surface area contributed by atoms with Gasteiger partial charge in [-0.1, -0.05) is 13.8 Å². The molecule has 0 spiro atoms. The summed E-state index contributed by atoms with van der Waals surface area (Å²) in [4.78, 5) is 11.9. The second-order valence-corrected chi connectivity index (χ2v) is 18.8. The lowest BCUT2D eigenvalue weighted by molar-refractivity contribution is -0.336. The summed E-state index contributed by atoms with van der Waals surface area (Å²) in [6.07, 6.45) is -1.51. The highest BCUT2D eigenvalue weighted by Gasteiger charge is 2.71. The van der Waals surface area contributed by atoms with Crippen LogP contribution in [-0.4, -0.2) is 135 Å². The molecule has 8 aliphatic rings. The lowest BCUT2D eigenvalue weighted by atomic mass is 9.42. The van der Waals surface area contributed by atoms with Crippen molar-refractivity contribution in [3.05, 3.63) is 11.6 Å². The predicted octanol–water partition coefficient (Wildman–Crippen LogP) is 2.22. The lowest BCUT2D eigenvalue weighted by Crippen LogP contribution is -2.67. The second-order valence-electron chi connectivity index (χ2n) is 18.8. The molecule has 21 atom stereocenters. The third kappa shape index (κ3) is 6.95. The van der Waals surface area contributed by atoms with Gasteiger partial charge < -0.3 is 63.8 Å². The Morgan fingerprint density at radius 2 is 1.29 bits per heavy atom. The van der Waals surface area contributed by atoms with Crippen molar-refractivity contribution in [3.63, 3.8) is 0 Å². The fourth-order valence-corrected chi connectivity index (χ4v) is 12.8. The summed E-state index contributed by atoms with van der Waals surface area (Å²) in [5, 5.41) is 66.9. The van der Waals surface area contributed by atoms with Crippen molar-refractivity contribution >= 4 is 5.97 Å². The highest BCUT2D eigenvalue weighted by Crippen LogP contribution is 2.70. The Labute approximate surface area is 323 Å². The van der Waals surface area contributed by atoms with Crippen LogP contribution in [0.1, 0.15) is 105 Å². The minimum Gasteiger partial charge on any atom is -0.458 e. The summed E-state index contributed by atoms with van der Waals surface area (Å²) in [5.74, 6) is 0.204. The fraction of sp³-hybridized carbons (Fsp3) is 0.927. The largest absolute Gasteiger partial charge is 0.458 e. The number of aliphatic hydroxyl groups is 6. The van der Waals surface area contributed by atoms with Gasteiger partial charge in [0.2, 0.25) is 0 Å². The summed E-state index contributed by atoms with van der Waals surface area (Å²) in [7, 11) is 0. The zero-order chi connectivity index (χ0) is 39.2. The maximum atomic E-state index is 12.6. The first-order chi connectivity index (χ1) is 26.0. The Morgan fingerprint density at radius 1 is 0.691 bits per heavy atom. The maximum Gasteiger partial charge on any atom is 0.331 e. The quantitative estimate of drug-likeness (QED) is 0.162. The number of hydrogen-bond acceptors (Lipinski definition) is 14.